The molecular weight excluding hydrogens is 376 g/mol. The number of hydrogen-bond acceptors (Lipinski definition) is 6. The van der Waals surface area contributed by atoms with Gasteiger partial charge in [-0.15, -0.1) is 0 Å². The molecule has 2 aliphatic rings. The third-order valence-electron chi connectivity index (χ3n) is 5.54. The molecule has 1 fully saturated rings. The first kappa shape index (κ1) is 17.5. The van der Waals surface area contributed by atoms with E-state index < -0.39 is 10.0 Å². The summed E-state index contributed by atoms with van der Waals surface area (Å²) in [6.45, 7) is 0.717. The number of rotatable bonds is 4. The highest BCUT2D eigenvalue weighted by Gasteiger charge is 2.40. The minimum atomic E-state index is -3.49. The molecule has 0 bridgehead atoms. The van der Waals surface area contributed by atoms with Crippen LogP contribution in [0.2, 0.25) is 0 Å². The lowest BCUT2D eigenvalue weighted by Crippen LogP contribution is -2.48. The van der Waals surface area contributed by atoms with E-state index in [1.807, 2.05) is 24.3 Å². The molecule has 3 aromatic rings. The fraction of sp³-hybridized carbons (Fsp3) is 0.350. The number of nitrogens with zero attached hydrogens (tertiary/aromatic N) is 4. The molecule has 0 radical (unpaired) electrons. The molecule has 1 aliphatic heterocycles. The van der Waals surface area contributed by atoms with Crippen LogP contribution in [0.4, 0.5) is 0 Å². The molecule has 1 saturated heterocycles. The Morgan fingerprint density at radius 3 is 2.54 bits per heavy atom. The van der Waals surface area contributed by atoms with E-state index in [1.54, 1.807) is 18.5 Å². The summed E-state index contributed by atoms with van der Waals surface area (Å²) in [5.74, 6) is 0.896. The van der Waals surface area contributed by atoms with Crippen LogP contribution in [0.15, 0.2) is 52.1 Å². The van der Waals surface area contributed by atoms with E-state index in [9.17, 15) is 8.42 Å². The predicted octanol–water partition coefficient (Wildman–Crippen LogP) is 2.80. The maximum absolute atomic E-state index is 13.0. The predicted molar refractivity (Wildman–Crippen MR) is 102 cm³/mol. The highest BCUT2D eigenvalue weighted by atomic mass is 32.2. The van der Waals surface area contributed by atoms with Crippen molar-refractivity contribution in [1.82, 2.24) is 19.4 Å². The molecule has 0 saturated carbocycles. The molecule has 1 aromatic carbocycles. The van der Waals surface area contributed by atoms with Gasteiger partial charge < -0.3 is 4.52 Å². The van der Waals surface area contributed by atoms with Crippen molar-refractivity contribution in [3.05, 3.63) is 59.7 Å². The molecule has 7 nitrogen and oxygen atoms in total. The smallest absolute Gasteiger partial charge is 0.243 e. The zero-order valence-corrected chi connectivity index (χ0v) is 16.1. The Morgan fingerprint density at radius 1 is 1.00 bits per heavy atom. The Bertz CT molecular complexity index is 1110. The Balaban J connectivity index is 1.31. The third-order valence-corrected chi connectivity index (χ3v) is 7.36. The van der Waals surface area contributed by atoms with E-state index in [0.29, 0.717) is 29.7 Å². The van der Waals surface area contributed by atoms with Crippen LogP contribution in [0.3, 0.4) is 0 Å². The van der Waals surface area contributed by atoms with Gasteiger partial charge in [0.15, 0.2) is 0 Å². The van der Waals surface area contributed by atoms with Gasteiger partial charge in [0.1, 0.15) is 0 Å². The lowest BCUT2D eigenvalue weighted by Gasteiger charge is -2.36. The first-order chi connectivity index (χ1) is 13.6. The van der Waals surface area contributed by atoms with Crippen LogP contribution >= 0.6 is 0 Å². The summed E-state index contributed by atoms with van der Waals surface area (Å²) < 4.78 is 32.8. The van der Waals surface area contributed by atoms with Crippen LogP contribution in [-0.4, -0.2) is 40.9 Å². The van der Waals surface area contributed by atoms with Gasteiger partial charge in [-0.3, -0.25) is 4.98 Å². The largest absolute Gasteiger partial charge is 0.339 e. The first-order valence-corrected chi connectivity index (χ1v) is 10.9. The molecule has 8 heteroatoms. The van der Waals surface area contributed by atoms with Crippen molar-refractivity contribution in [1.29, 1.82) is 0 Å². The van der Waals surface area contributed by atoms with Gasteiger partial charge in [-0.25, -0.2) is 8.42 Å². The minimum Gasteiger partial charge on any atom is -0.339 e. The standard InChI is InChI=1S/C20H20N4O3S/c25-28(26,18-6-5-14-3-1-2-4-16(14)11-18)24-12-17(13-24)20-22-19(23-27-20)15-7-9-21-10-8-15/h5-11,17H,1-4,12-13H2. The number of hydrogen-bond donors (Lipinski definition) is 0. The summed E-state index contributed by atoms with van der Waals surface area (Å²) in [4.78, 5) is 8.78. The number of sulfonamides is 1. The zero-order chi connectivity index (χ0) is 19.1. The van der Waals surface area contributed by atoms with Crippen LogP contribution in [0.5, 0.6) is 0 Å². The van der Waals surface area contributed by atoms with E-state index in [4.69, 9.17) is 4.52 Å². The van der Waals surface area contributed by atoms with Crippen molar-refractivity contribution in [3.63, 3.8) is 0 Å². The van der Waals surface area contributed by atoms with Crippen molar-refractivity contribution < 1.29 is 12.9 Å². The van der Waals surface area contributed by atoms with Gasteiger partial charge in [0.05, 0.1) is 10.8 Å². The average molecular weight is 396 g/mol. The first-order valence-electron chi connectivity index (χ1n) is 9.47. The zero-order valence-electron chi connectivity index (χ0n) is 15.3. The van der Waals surface area contributed by atoms with Crippen LogP contribution < -0.4 is 0 Å². The maximum Gasteiger partial charge on any atom is 0.243 e. The molecule has 1 aliphatic carbocycles. The van der Waals surface area contributed by atoms with Gasteiger partial charge in [-0.05, 0) is 61.1 Å². The Hall–Kier alpha value is -2.58. The lowest BCUT2D eigenvalue weighted by molar-refractivity contribution is 0.217. The van der Waals surface area contributed by atoms with Gasteiger partial charge >= 0.3 is 0 Å². The molecule has 3 heterocycles. The normalized spacial score (nSPS) is 17.9. The van der Waals surface area contributed by atoms with Crippen molar-refractivity contribution in [2.45, 2.75) is 36.5 Å². The molecule has 0 N–H and O–H groups in total. The number of pyridine rings is 1. The van der Waals surface area contributed by atoms with E-state index in [-0.39, 0.29) is 5.92 Å². The molecular formula is C20H20N4O3S. The summed E-state index contributed by atoms with van der Waals surface area (Å²) in [6.07, 6.45) is 7.64. The van der Waals surface area contributed by atoms with E-state index >= 15 is 0 Å². The summed E-state index contributed by atoms with van der Waals surface area (Å²) >= 11 is 0. The average Bonchev–Trinajstić information content (AvgIpc) is 3.16. The fourth-order valence-electron chi connectivity index (χ4n) is 3.83. The Morgan fingerprint density at radius 2 is 1.75 bits per heavy atom. The van der Waals surface area contributed by atoms with Crippen LogP contribution in [0, 0.1) is 0 Å². The second kappa shape index (κ2) is 6.79. The van der Waals surface area contributed by atoms with Gasteiger partial charge in [-0.2, -0.15) is 9.29 Å². The Kier molecular flexibility index (Phi) is 4.25. The minimum absolute atomic E-state index is 0.0736. The van der Waals surface area contributed by atoms with E-state index in [1.165, 1.54) is 21.9 Å². The van der Waals surface area contributed by atoms with Gasteiger partial charge in [0, 0.05) is 31.0 Å². The second-order valence-electron chi connectivity index (χ2n) is 7.35. The topological polar surface area (TPSA) is 89.2 Å². The molecule has 0 atom stereocenters. The second-order valence-corrected chi connectivity index (χ2v) is 9.29. The van der Waals surface area contributed by atoms with Crippen LogP contribution in [0.1, 0.15) is 35.8 Å². The summed E-state index contributed by atoms with van der Waals surface area (Å²) in [6, 6.07) is 9.18. The van der Waals surface area contributed by atoms with Crippen molar-refractivity contribution in [3.8, 4) is 11.4 Å². The molecule has 0 spiro atoms. The highest BCUT2D eigenvalue weighted by molar-refractivity contribution is 7.89. The van der Waals surface area contributed by atoms with Crippen molar-refractivity contribution >= 4 is 10.0 Å². The molecule has 2 aromatic heterocycles. The molecule has 0 amide bonds. The maximum atomic E-state index is 13.0. The monoisotopic (exact) mass is 396 g/mol. The highest BCUT2D eigenvalue weighted by Crippen LogP contribution is 2.33. The SMILES string of the molecule is O=S(=O)(c1ccc2c(c1)CCCC2)N1CC(c2nc(-c3ccncc3)no2)C1. The number of fused-ring (bicyclic) bond motifs is 1. The van der Waals surface area contributed by atoms with Gasteiger partial charge in [0.25, 0.3) is 0 Å². The molecule has 0 unspecified atom stereocenters. The molecule has 28 heavy (non-hydrogen) atoms. The fourth-order valence-corrected chi connectivity index (χ4v) is 5.41. The number of benzene rings is 1. The Labute approximate surface area is 163 Å². The molecule has 144 valence electrons. The molecule has 5 rings (SSSR count). The quantitative estimate of drug-likeness (QED) is 0.674. The van der Waals surface area contributed by atoms with Crippen molar-refractivity contribution in [2.24, 2.45) is 0 Å². The van der Waals surface area contributed by atoms with E-state index in [0.717, 1.165) is 24.8 Å². The summed E-state index contributed by atoms with van der Waals surface area (Å²) in [5.41, 5.74) is 3.27. The van der Waals surface area contributed by atoms with Crippen LogP contribution in [-0.2, 0) is 22.9 Å². The van der Waals surface area contributed by atoms with Crippen LogP contribution in [0.25, 0.3) is 11.4 Å². The summed E-state index contributed by atoms with van der Waals surface area (Å²) in [5, 5.41) is 4.00. The number of aryl methyl sites for hydroxylation is 2. The number of aromatic nitrogens is 3. The van der Waals surface area contributed by atoms with Crippen molar-refractivity contribution in [2.75, 3.05) is 13.1 Å². The van der Waals surface area contributed by atoms with Gasteiger partial charge in [-0.1, -0.05) is 11.2 Å². The van der Waals surface area contributed by atoms with Gasteiger partial charge in [0.2, 0.25) is 21.7 Å². The third kappa shape index (κ3) is 3.02. The summed E-state index contributed by atoms with van der Waals surface area (Å²) in [7, 11) is -3.49. The van der Waals surface area contributed by atoms with E-state index in [2.05, 4.69) is 15.1 Å². The lowest BCUT2D eigenvalue weighted by atomic mass is 9.92.